The lowest BCUT2D eigenvalue weighted by atomic mass is 10.0. The number of likely N-dealkylation sites (tertiary alicyclic amines) is 3. The summed E-state index contributed by atoms with van der Waals surface area (Å²) < 4.78 is 0. The van der Waals surface area contributed by atoms with Gasteiger partial charge in [-0.3, -0.25) is 47.9 Å². The van der Waals surface area contributed by atoms with Crippen LogP contribution in [0.2, 0.25) is 0 Å². The highest BCUT2D eigenvalue weighted by atomic mass is 16.4. The number of H-pyrrole nitrogens is 1. The highest BCUT2D eigenvalue weighted by Crippen LogP contribution is 2.25. The van der Waals surface area contributed by atoms with Crippen LogP contribution in [-0.2, 0) is 59.2 Å². The number of primary amides is 1. The van der Waals surface area contributed by atoms with Crippen molar-refractivity contribution in [3.05, 3.63) is 18.2 Å². The number of aliphatic carboxylic acids is 2. The maximum absolute atomic E-state index is 13.9. The average molecular weight is 931 g/mol. The van der Waals surface area contributed by atoms with Crippen molar-refractivity contribution in [3.63, 3.8) is 0 Å². The number of carboxylic acid groups (broad SMARTS) is 2. The molecule has 0 radical (unpaired) electrons. The Morgan fingerprint density at radius 3 is 1.77 bits per heavy atom. The molecular formula is C41H62N12O13. The van der Waals surface area contributed by atoms with E-state index in [4.69, 9.17) is 16.6 Å². The lowest BCUT2D eigenvalue weighted by Gasteiger charge is -2.31. The van der Waals surface area contributed by atoms with Crippen molar-refractivity contribution in [2.75, 3.05) is 32.7 Å². The first-order chi connectivity index (χ1) is 31.3. The molecule has 25 nitrogen and oxygen atoms in total. The standard InChI is InChI=1S/C41H62N12O13/c1-22(2)16-26(49-35(59)24(42)9-12-34(57)58)37(61)46-19-32(55)51-13-3-6-28(51)38(62)48-25(10-11-31(43)54)36(60)45-20-33(56)52-14-5-8-30(52)40(64)53-15-4-7-29(53)39(63)50-27(41(65)66)17-23-18-44-21-47-23/h18,21-22,24-30H,3-17,19-20,42H2,1-2H3,(H2,43,54)(H,44,47)(H,45,60)(H,46,61)(H,48,62)(H,49,59)(H,50,63)(H,57,58)(H,65,66). The molecule has 3 aliphatic heterocycles. The smallest absolute Gasteiger partial charge is 0.326 e. The molecule has 9 amide bonds. The van der Waals surface area contributed by atoms with E-state index in [1.54, 1.807) is 13.8 Å². The molecule has 7 atom stereocenters. The number of aromatic amines is 1. The third-order valence-electron chi connectivity index (χ3n) is 11.7. The number of rotatable bonds is 24. The molecule has 0 saturated carbocycles. The minimum absolute atomic E-state index is 0.0622. The Kier molecular flexibility index (Phi) is 19.4. The molecule has 66 heavy (non-hydrogen) atoms. The summed E-state index contributed by atoms with van der Waals surface area (Å²) in [6.45, 7) is 2.98. The first kappa shape index (κ1) is 52.0. The van der Waals surface area contributed by atoms with Gasteiger partial charge in [0.1, 0.15) is 36.3 Å². The van der Waals surface area contributed by atoms with Crippen LogP contribution in [0.1, 0.15) is 90.2 Å². The summed E-state index contributed by atoms with van der Waals surface area (Å²) in [6, 6.07) is -7.95. The van der Waals surface area contributed by atoms with E-state index in [-0.39, 0.29) is 83.3 Å². The number of amides is 9. The van der Waals surface area contributed by atoms with E-state index in [0.717, 1.165) is 0 Å². The number of hydrogen-bond donors (Lipinski definition) is 10. The maximum atomic E-state index is 13.9. The predicted octanol–water partition coefficient (Wildman–Crippen LogP) is -3.80. The highest BCUT2D eigenvalue weighted by Gasteiger charge is 2.43. The number of hydrogen-bond acceptors (Lipinski definition) is 13. The monoisotopic (exact) mass is 930 g/mol. The molecule has 3 aliphatic rings. The van der Waals surface area contributed by atoms with E-state index >= 15 is 0 Å². The molecule has 7 unspecified atom stereocenters. The molecule has 364 valence electrons. The van der Waals surface area contributed by atoms with Gasteiger partial charge >= 0.3 is 11.9 Å². The number of imidazole rings is 1. The second kappa shape index (κ2) is 24.6. The van der Waals surface area contributed by atoms with Gasteiger partial charge in [-0.2, -0.15) is 0 Å². The van der Waals surface area contributed by atoms with E-state index in [0.29, 0.717) is 25.0 Å². The van der Waals surface area contributed by atoms with Crippen LogP contribution >= 0.6 is 0 Å². The third kappa shape index (κ3) is 14.9. The van der Waals surface area contributed by atoms with Crippen molar-refractivity contribution in [1.82, 2.24) is 51.3 Å². The zero-order valence-electron chi connectivity index (χ0n) is 37.1. The Morgan fingerprint density at radius 2 is 1.24 bits per heavy atom. The fraction of sp³-hybridized carbons (Fsp3) is 0.659. The Bertz CT molecular complexity index is 1960. The van der Waals surface area contributed by atoms with Gasteiger partial charge in [0, 0.05) is 50.8 Å². The number of nitrogens with one attached hydrogen (secondary N) is 6. The quantitative estimate of drug-likeness (QED) is 0.0475. The second-order valence-electron chi connectivity index (χ2n) is 17.1. The van der Waals surface area contributed by atoms with Crippen molar-refractivity contribution < 1.29 is 63.0 Å². The predicted molar refractivity (Wildman–Crippen MR) is 229 cm³/mol. The van der Waals surface area contributed by atoms with Gasteiger partial charge in [-0.15, -0.1) is 0 Å². The topological polar surface area (TPSA) is 379 Å². The van der Waals surface area contributed by atoms with Gasteiger partial charge < -0.3 is 67.9 Å². The van der Waals surface area contributed by atoms with E-state index in [1.165, 1.54) is 27.2 Å². The Labute approximate surface area is 380 Å². The molecule has 4 heterocycles. The van der Waals surface area contributed by atoms with E-state index in [2.05, 4.69) is 36.6 Å². The van der Waals surface area contributed by atoms with Gasteiger partial charge in [0.25, 0.3) is 0 Å². The second-order valence-corrected chi connectivity index (χ2v) is 17.1. The fourth-order valence-corrected chi connectivity index (χ4v) is 8.23. The van der Waals surface area contributed by atoms with Gasteiger partial charge in [0.2, 0.25) is 53.2 Å². The molecule has 0 aliphatic carbocycles. The number of carboxylic acids is 2. The van der Waals surface area contributed by atoms with Crippen LogP contribution < -0.4 is 38.1 Å². The molecule has 3 saturated heterocycles. The molecule has 4 rings (SSSR count). The van der Waals surface area contributed by atoms with Gasteiger partial charge in [0.05, 0.1) is 25.5 Å². The van der Waals surface area contributed by atoms with Crippen molar-refractivity contribution in [2.24, 2.45) is 17.4 Å². The van der Waals surface area contributed by atoms with E-state index < -0.39 is 120 Å². The number of nitrogens with two attached hydrogens (primary N) is 2. The summed E-state index contributed by atoms with van der Waals surface area (Å²) in [7, 11) is 0. The summed E-state index contributed by atoms with van der Waals surface area (Å²) in [5.74, 6) is -8.69. The van der Waals surface area contributed by atoms with Crippen molar-refractivity contribution in [3.8, 4) is 0 Å². The average Bonchev–Trinajstić information content (AvgIpc) is 4.12. The Balaban J connectivity index is 1.33. The summed E-state index contributed by atoms with van der Waals surface area (Å²) in [6.07, 6.45) is 3.91. The maximum Gasteiger partial charge on any atom is 0.326 e. The number of aromatic nitrogens is 2. The van der Waals surface area contributed by atoms with Crippen LogP contribution in [0.25, 0.3) is 0 Å². The molecule has 0 aromatic carbocycles. The molecule has 0 spiro atoms. The van der Waals surface area contributed by atoms with Crippen LogP contribution in [0.3, 0.4) is 0 Å². The van der Waals surface area contributed by atoms with Crippen LogP contribution in [0.5, 0.6) is 0 Å². The van der Waals surface area contributed by atoms with Crippen LogP contribution in [-0.4, -0.2) is 175 Å². The SMILES string of the molecule is CC(C)CC(NC(=O)C(N)CCC(=O)O)C(=O)NCC(=O)N1CCCC1C(=O)NC(CCC(N)=O)C(=O)NCC(=O)N1CCCC1C(=O)N1CCCC1C(=O)NC(Cc1cnc[nH]1)C(=O)O. The van der Waals surface area contributed by atoms with E-state index in [1.807, 2.05) is 0 Å². The molecule has 1 aromatic heterocycles. The summed E-state index contributed by atoms with van der Waals surface area (Å²) >= 11 is 0. The highest BCUT2D eigenvalue weighted by molar-refractivity contribution is 5.97. The first-order valence-corrected chi connectivity index (χ1v) is 22.1. The number of nitrogens with zero attached hydrogens (tertiary/aromatic N) is 4. The summed E-state index contributed by atoms with van der Waals surface area (Å²) in [4.78, 5) is 152. The number of carbonyl (C=O) groups is 11. The largest absolute Gasteiger partial charge is 0.481 e. The Morgan fingerprint density at radius 1 is 0.712 bits per heavy atom. The van der Waals surface area contributed by atoms with Crippen molar-refractivity contribution in [1.29, 1.82) is 0 Å². The zero-order valence-corrected chi connectivity index (χ0v) is 37.1. The molecule has 25 heteroatoms. The summed E-state index contributed by atoms with van der Waals surface area (Å²) in [5, 5.41) is 31.2. The van der Waals surface area contributed by atoms with Gasteiger partial charge in [-0.05, 0) is 63.7 Å². The van der Waals surface area contributed by atoms with Gasteiger partial charge in [0.15, 0.2) is 0 Å². The molecule has 1 aromatic rings. The Hall–Kier alpha value is -6.66. The molecular weight excluding hydrogens is 869 g/mol. The minimum atomic E-state index is -1.37. The molecule has 12 N–H and O–H groups in total. The number of carbonyl (C=O) groups excluding carboxylic acids is 9. The van der Waals surface area contributed by atoms with Crippen molar-refractivity contribution >= 4 is 65.1 Å². The van der Waals surface area contributed by atoms with Gasteiger partial charge in [-0.1, -0.05) is 13.8 Å². The fourth-order valence-electron chi connectivity index (χ4n) is 8.23. The van der Waals surface area contributed by atoms with E-state index in [9.17, 15) is 57.8 Å². The normalized spacial score (nSPS) is 19.9. The third-order valence-corrected chi connectivity index (χ3v) is 11.7. The lowest BCUT2D eigenvalue weighted by molar-refractivity contribution is -0.147. The van der Waals surface area contributed by atoms with Crippen LogP contribution in [0, 0.1) is 5.92 Å². The zero-order chi connectivity index (χ0) is 48.7. The first-order valence-electron chi connectivity index (χ1n) is 22.1. The molecule has 0 bridgehead atoms. The summed E-state index contributed by atoms with van der Waals surface area (Å²) in [5.41, 5.74) is 11.6. The van der Waals surface area contributed by atoms with Crippen molar-refractivity contribution in [2.45, 2.75) is 133 Å². The lowest BCUT2D eigenvalue weighted by Crippen LogP contribution is -2.57. The molecule has 3 fully saturated rings. The van der Waals surface area contributed by atoms with Gasteiger partial charge in [-0.25, -0.2) is 9.78 Å². The minimum Gasteiger partial charge on any atom is -0.481 e. The van der Waals surface area contributed by atoms with Crippen LogP contribution in [0.15, 0.2) is 12.5 Å². The van der Waals surface area contributed by atoms with Crippen LogP contribution in [0.4, 0.5) is 0 Å².